The lowest BCUT2D eigenvalue weighted by Crippen LogP contribution is -2.36. The van der Waals surface area contributed by atoms with Crippen molar-refractivity contribution < 1.29 is 8.42 Å². The van der Waals surface area contributed by atoms with Gasteiger partial charge in [-0.25, -0.2) is 8.42 Å². The third kappa shape index (κ3) is 3.71. The van der Waals surface area contributed by atoms with Crippen LogP contribution in [0.5, 0.6) is 0 Å². The van der Waals surface area contributed by atoms with Crippen molar-refractivity contribution in [1.29, 1.82) is 0 Å². The molecule has 1 N–H and O–H groups in total. The van der Waals surface area contributed by atoms with Crippen molar-refractivity contribution in [3.8, 4) is 0 Å². The van der Waals surface area contributed by atoms with Gasteiger partial charge in [-0.3, -0.25) is 0 Å². The van der Waals surface area contributed by atoms with Crippen LogP contribution in [0.25, 0.3) is 0 Å². The molecule has 20 heavy (non-hydrogen) atoms. The van der Waals surface area contributed by atoms with Gasteiger partial charge in [-0.05, 0) is 26.5 Å². The molecule has 0 unspecified atom stereocenters. The summed E-state index contributed by atoms with van der Waals surface area (Å²) in [7, 11) is -1.62. The van der Waals surface area contributed by atoms with Gasteiger partial charge in [0.1, 0.15) is 4.90 Å². The molecular weight excluding hydrogens is 274 g/mol. The molecule has 0 saturated carbocycles. The maximum absolute atomic E-state index is 12.6. The van der Waals surface area contributed by atoms with E-state index in [1.165, 1.54) is 4.31 Å². The van der Waals surface area contributed by atoms with Crippen molar-refractivity contribution in [2.45, 2.75) is 38.3 Å². The van der Waals surface area contributed by atoms with Gasteiger partial charge < -0.3 is 9.88 Å². The minimum atomic E-state index is -3.48. The molecule has 0 aromatic carbocycles. The van der Waals surface area contributed by atoms with Crippen LogP contribution in [0.2, 0.25) is 0 Å². The smallest absolute Gasteiger partial charge is 0.245 e. The third-order valence-electron chi connectivity index (χ3n) is 3.13. The van der Waals surface area contributed by atoms with Gasteiger partial charge in [-0.1, -0.05) is 13.0 Å². The molecule has 5 nitrogen and oxygen atoms in total. The van der Waals surface area contributed by atoms with Crippen molar-refractivity contribution in [2.75, 3.05) is 13.1 Å². The first-order valence-electron chi connectivity index (χ1n) is 6.83. The minimum absolute atomic E-state index is 0.101. The van der Waals surface area contributed by atoms with Gasteiger partial charge in [0.25, 0.3) is 0 Å². The Balaban J connectivity index is 3.11. The Morgan fingerprint density at radius 1 is 1.50 bits per heavy atom. The van der Waals surface area contributed by atoms with Gasteiger partial charge in [0.15, 0.2) is 0 Å². The molecule has 0 saturated heterocycles. The maximum Gasteiger partial charge on any atom is 0.245 e. The summed E-state index contributed by atoms with van der Waals surface area (Å²) in [6.45, 7) is 11.2. The fourth-order valence-electron chi connectivity index (χ4n) is 2.00. The second kappa shape index (κ2) is 7.06. The molecule has 0 aliphatic heterocycles. The molecule has 1 heterocycles. The molecule has 0 fully saturated rings. The number of hydrogen-bond acceptors (Lipinski definition) is 3. The van der Waals surface area contributed by atoms with E-state index >= 15 is 0 Å². The number of aromatic nitrogens is 1. The molecule has 1 aromatic heterocycles. The quantitative estimate of drug-likeness (QED) is 0.744. The zero-order valence-corrected chi connectivity index (χ0v) is 13.6. The summed E-state index contributed by atoms with van der Waals surface area (Å²) in [5.41, 5.74) is 0.952. The van der Waals surface area contributed by atoms with Crippen LogP contribution in [-0.2, 0) is 23.6 Å². The zero-order chi connectivity index (χ0) is 15.3. The van der Waals surface area contributed by atoms with Gasteiger partial charge in [-0.2, -0.15) is 4.31 Å². The minimum Gasteiger partial charge on any atom is -0.352 e. The van der Waals surface area contributed by atoms with E-state index < -0.39 is 10.0 Å². The van der Waals surface area contributed by atoms with E-state index in [9.17, 15) is 8.42 Å². The lowest BCUT2D eigenvalue weighted by atomic mass is 10.4. The fourth-order valence-corrected chi connectivity index (χ4v) is 3.70. The average Bonchev–Trinajstić information content (AvgIpc) is 2.75. The highest BCUT2D eigenvalue weighted by Crippen LogP contribution is 2.20. The normalized spacial score (nSPS) is 12.3. The number of nitrogens with zero attached hydrogens (tertiary/aromatic N) is 2. The first kappa shape index (κ1) is 16.9. The molecule has 0 aliphatic rings. The Morgan fingerprint density at radius 2 is 2.15 bits per heavy atom. The van der Waals surface area contributed by atoms with Crippen LogP contribution in [-0.4, -0.2) is 36.4 Å². The highest BCUT2D eigenvalue weighted by atomic mass is 32.2. The van der Waals surface area contributed by atoms with E-state index in [0.29, 0.717) is 18.0 Å². The van der Waals surface area contributed by atoms with Crippen LogP contribution in [0.3, 0.4) is 0 Å². The Morgan fingerprint density at radius 3 is 2.65 bits per heavy atom. The van der Waals surface area contributed by atoms with Crippen LogP contribution in [0, 0.1) is 0 Å². The monoisotopic (exact) mass is 299 g/mol. The highest BCUT2D eigenvalue weighted by molar-refractivity contribution is 7.89. The second-order valence-electron chi connectivity index (χ2n) is 5.02. The Hall–Kier alpha value is -1.11. The van der Waals surface area contributed by atoms with Crippen molar-refractivity contribution in [2.24, 2.45) is 7.05 Å². The molecule has 0 aliphatic carbocycles. The fraction of sp³-hybridized carbons (Fsp3) is 0.571. The van der Waals surface area contributed by atoms with E-state index in [2.05, 4.69) is 11.9 Å². The zero-order valence-electron chi connectivity index (χ0n) is 12.8. The predicted molar refractivity (Wildman–Crippen MR) is 82.0 cm³/mol. The SMILES string of the molecule is C=CCN(C(C)C)S(=O)(=O)c1cc(CNCC)n(C)c1. The molecule has 0 spiro atoms. The van der Waals surface area contributed by atoms with Crippen molar-refractivity contribution in [3.63, 3.8) is 0 Å². The topological polar surface area (TPSA) is 54.3 Å². The van der Waals surface area contributed by atoms with Crippen LogP contribution >= 0.6 is 0 Å². The van der Waals surface area contributed by atoms with Gasteiger partial charge in [0.05, 0.1) is 0 Å². The molecule has 1 aromatic rings. The first-order valence-corrected chi connectivity index (χ1v) is 8.27. The summed E-state index contributed by atoms with van der Waals surface area (Å²) in [6.07, 6.45) is 3.28. The molecule has 0 amide bonds. The van der Waals surface area contributed by atoms with E-state index in [0.717, 1.165) is 12.2 Å². The molecule has 6 heteroatoms. The Labute approximate surface area is 122 Å². The summed E-state index contributed by atoms with van der Waals surface area (Å²) in [6, 6.07) is 1.63. The van der Waals surface area contributed by atoms with Crippen molar-refractivity contribution >= 4 is 10.0 Å². The largest absolute Gasteiger partial charge is 0.352 e. The van der Waals surface area contributed by atoms with Crippen LogP contribution in [0.15, 0.2) is 29.8 Å². The number of hydrogen-bond donors (Lipinski definition) is 1. The van der Waals surface area contributed by atoms with Gasteiger partial charge in [0, 0.05) is 38.1 Å². The summed E-state index contributed by atoms with van der Waals surface area (Å²) in [5, 5.41) is 3.20. The van der Waals surface area contributed by atoms with E-state index in [-0.39, 0.29) is 6.04 Å². The first-order chi connectivity index (χ1) is 9.34. The lowest BCUT2D eigenvalue weighted by molar-refractivity contribution is 0.383. The third-order valence-corrected chi connectivity index (χ3v) is 5.14. The molecule has 1 rings (SSSR count). The van der Waals surface area contributed by atoms with Gasteiger partial charge >= 0.3 is 0 Å². The highest BCUT2D eigenvalue weighted by Gasteiger charge is 2.27. The predicted octanol–water partition coefficient (Wildman–Crippen LogP) is 1.72. The standard InChI is InChI=1S/C14H25N3O2S/c1-6-8-17(12(3)4)20(18,19)14-9-13(10-15-7-2)16(5)11-14/h6,9,11-12,15H,1,7-8,10H2,2-5H3. The lowest BCUT2D eigenvalue weighted by Gasteiger charge is -2.23. The van der Waals surface area contributed by atoms with Crippen LogP contribution < -0.4 is 5.32 Å². The summed E-state index contributed by atoms with van der Waals surface area (Å²) in [5.74, 6) is 0. The van der Waals surface area contributed by atoms with E-state index in [1.807, 2.05) is 32.4 Å². The number of nitrogens with one attached hydrogen (secondary N) is 1. The summed E-state index contributed by atoms with van der Waals surface area (Å²) >= 11 is 0. The van der Waals surface area contributed by atoms with Crippen molar-refractivity contribution in [1.82, 2.24) is 14.2 Å². The number of sulfonamides is 1. The molecule has 0 radical (unpaired) electrons. The molecular formula is C14H25N3O2S. The summed E-state index contributed by atoms with van der Waals surface area (Å²) in [4.78, 5) is 0.337. The number of aryl methyl sites for hydroxylation is 1. The van der Waals surface area contributed by atoms with Gasteiger partial charge in [-0.15, -0.1) is 6.58 Å². The number of rotatable bonds is 8. The van der Waals surface area contributed by atoms with Gasteiger partial charge in [0.2, 0.25) is 10.0 Å². The average molecular weight is 299 g/mol. The molecule has 0 atom stereocenters. The second-order valence-corrected chi connectivity index (χ2v) is 6.91. The van der Waals surface area contributed by atoms with Crippen LogP contribution in [0.4, 0.5) is 0 Å². The summed E-state index contributed by atoms with van der Waals surface area (Å²) < 4.78 is 28.6. The van der Waals surface area contributed by atoms with E-state index in [4.69, 9.17) is 0 Å². The van der Waals surface area contributed by atoms with Crippen LogP contribution in [0.1, 0.15) is 26.5 Å². The Bertz CT molecular complexity index is 547. The maximum atomic E-state index is 12.6. The molecule has 0 bridgehead atoms. The molecule has 114 valence electrons. The Kier molecular flexibility index (Phi) is 5.98. The van der Waals surface area contributed by atoms with Crippen molar-refractivity contribution in [3.05, 3.63) is 30.6 Å². The van der Waals surface area contributed by atoms with E-state index in [1.54, 1.807) is 18.3 Å².